The number of hydrogen-bond acceptors (Lipinski definition) is 1. The van der Waals surface area contributed by atoms with Gasteiger partial charge in [0.25, 0.3) is 0 Å². The molecular formula is C12H16FN. The van der Waals surface area contributed by atoms with E-state index in [2.05, 4.69) is 5.32 Å². The molecule has 0 amide bonds. The molecule has 2 rings (SSSR count). The van der Waals surface area contributed by atoms with Crippen molar-refractivity contribution in [3.63, 3.8) is 0 Å². The molecule has 1 N–H and O–H groups in total. The van der Waals surface area contributed by atoms with Gasteiger partial charge in [0.15, 0.2) is 0 Å². The molecule has 1 atom stereocenters. The van der Waals surface area contributed by atoms with Gasteiger partial charge >= 0.3 is 0 Å². The lowest BCUT2D eigenvalue weighted by atomic mass is 9.96. The van der Waals surface area contributed by atoms with E-state index in [0.717, 1.165) is 24.1 Å². The highest BCUT2D eigenvalue weighted by Crippen LogP contribution is 2.25. The summed E-state index contributed by atoms with van der Waals surface area (Å²) in [6.07, 6.45) is 3.47. The molecular weight excluding hydrogens is 177 g/mol. The fourth-order valence-electron chi connectivity index (χ4n) is 2.03. The smallest absolute Gasteiger partial charge is 0.128 e. The van der Waals surface area contributed by atoms with Crippen LogP contribution in [0.1, 0.15) is 36.4 Å². The Morgan fingerprint density at radius 3 is 2.86 bits per heavy atom. The van der Waals surface area contributed by atoms with E-state index in [4.69, 9.17) is 0 Å². The van der Waals surface area contributed by atoms with Crippen molar-refractivity contribution >= 4 is 0 Å². The van der Waals surface area contributed by atoms with Crippen LogP contribution in [0.5, 0.6) is 0 Å². The van der Waals surface area contributed by atoms with Crippen molar-refractivity contribution in [2.75, 3.05) is 6.54 Å². The summed E-state index contributed by atoms with van der Waals surface area (Å²) in [5.74, 6) is -0.0654. The van der Waals surface area contributed by atoms with E-state index in [9.17, 15) is 4.39 Å². The zero-order valence-corrected chi connectivity index (χ0v) is 8.52. The monoisotopic (exact) mass is 193 g/mol. The number of nitrogens with one attached hydrogen (secondary N) is 1. The largest absolute Gasteiger partial charge is 0.310 e. The van der Waals surface area contributed by atoms with Crippen LogP contribution < -0.4 is 5.32 Å². The van der Waals surface area contributed by atoms with Crippen LogP contribution in [0.4, 0.5) is 4.39 Å². The average molecular weight is 193 g/mol. The Labute approximate surface area is 84.3 Å². The summed E-state index contributed by atoms with van der Waals surface area (Å²) in [7, 11) is 0. The van der Waals surface area contributed by atoms with Crippen molar-refractivity contribution in [2.45, 2.75) is 32.2 Å². The van der Waals surface area contributed by atoms with Crippen LogP contribution in [0.3, 0.4) is 0 Å². The van der Waals surface area contributed by atoms with E-state index in [1.54, 1.807) is 6.07 Å². The molecule has 0 aromatic heterocycles. The SMILES string of the molecule is Cc1ccc(C2CCCCN2)c(F)c1. The maximum Gasteiger partial charge on any atom is 0.128 e. The van der Waals surface area contributed by atoms with E-state index in [1.807, 2.05) is 19.1 Å². The van der Waals surface area contributed by atoms with Crippen LogP contribution in [-0.2, 0) is 0 Å². The molecule has 1 aliphatic heterocycles. The molecule has 1 nitrogen and oxygen atoms in total. The van der Waals surface area contributed by atoms with Crippen molar-refractivity contribution < 1.29 is 4.39 Å². The zero-order chi connectivity index (χ0) is 9.97. The Bertz CT molecular complexity index is 316. The first kappa shape index (κ1) is 9.66. The molecule has 0 spiro atoms. The van der Waals surface area contributed by atoms with E-state index in [0.29, 0.717) is 0 Å². The van der Waals surface area contributed by atoms with E-state index in [-0.39, 0.29) is 11.9 Å². The van der Waals surface area contributed by atoms with Crippen LogP contribution in [0.2, 0.25) is 0 Å². The average Bonchev–Trinajstić information content (AvgIpc) is 2.19. The Kier molecular flexibility index (Phi) is 2.82. The van der Waals surface area contributed by atoms with Gasteiger partial charge in [-0.1, -0.05) is 18.6 Å². The van der Waals surface area contributed by atoms with Gasteiger partial charge in [0, 0.05) is 11.6 Å². The molecule has 2 heteroatoms. The normalized spacial score (nSPS) is 22.3. The maximum absolute atomic E-state index is 13.6. The van der Waals surface area contributed by atoms with E-state index < -0.39 is 0 Å². The number of hydrogen-bond donors (Lipinski definition) is 1. The quantitative estimate of drug-likeness (QED) is 0.723. The van der Waals surface area contributed by atoms with Gasteiger partial charge in [0.2, 0.25) is 0 Å². The molecule has 1 aromatic carbocycles. The fraction of sp³-hybridized carbons (Fsp3) is 0.500. The predicted octanol–water partition coefficient (Wildman–Crippen LogP) is 2.95. The summed E-state index contributed by atoms with van der Waals surface area (Å²) in [4.78, 5) is 0. The molecule has 1 unspecified atom stereocenters. The second-order valence-corrected chi connectivity index (χ2v) is 4.03. The van der Waals surface area contributed by atoms with Gasteiger partial charge < -0.3 is 5.32 Å². The van der Waals surface area contributed by atoms with Crippen LogP contribution in [-0.4, -0.2) is 6.54 Å². The first-order chi connectivity index (χ1) is 6.77. The molecule has 0 saturated carbocycles. The minimum atomic E-state index is -0.0654. The highest BCUT2D eigenvalue weighted by Gasteiger charge is 2.17. The third-order valence-corrected chi connectivity index (χ3v) is 2.84. The van der Waals surface area contributed by atoms with E-state index in [1.165, 1.54) is 12.8 Å². The Balaban J connectivity index is 2.22. The Morgan fingerprint density at radius 1 is 1.36 bits per heavy atom. The van der Waals surface area contributed by atoms with Gasteiger partial charge in [-0.2, -0.15) is 0 Å². The van der Waals surface area contributed by atoms with Crippen LogP contribution >= 0.6 is 0 Å². The van der Waals surface area contributed by atoms with Crippen molar-refractivity contribution in [1.82, 2.24) is 5.32 Å². The molecule has 1 fully saturated rings. The lowest BCUT2D eigenvalue weighted by molar-refractivity contribution is 0.400. The van der Waals surface area contributed by atoms with Gasteiger partial charge in [0.05, 0.1) is 0 Å². The standard InChI is InChI=1S/C12H16FN/c1-9-5-6-10(11(13)8-9)12-4-2-3-7-14-12/h5-6,8,12,14H,2-4,7H2,1H3. The summed E-state index contributed by atoms with van der Waals surface area (Å²) in [6, 6.07) is 5.73. The molecule has 0 bridgehead atoms. The van der Waals surface area contributed by atoms with Crippen molar-refractivity contribution in [1.29, 1.82) is 0 Å². The van der Waals surface area contributed by atoms with Crippen LogP contribution in [0.15, 0.2) is 18.2 Å². The van der Waals surface area contributed by atoms with Gasteiger partial charge in [0.1, 0.15) is 5.82 Å². The summed E-state index contributed by atoms with van der Waals surface area (Å²) >= 11 is 0. The fourth-order valence-corrected chi connectivity index (χ4v) is 2.03. The first-order valence-corrected chi connectivity index (χ1v) is 5.27. The predicted molar refractivity (Wildman–Crippen MR) is 55.7 cm³/mol. The van der Waals surface area contributed by atoms with Crippen LogP contribution in [0, 0.1) is 12.7 Å². The molecule has 0 aliphatic carbocycles. The summed E-state index contributed by atoms with van der Waals surface area (Å²) in [5.41, 5.74) is 1.82. The third-order valence-electron chi connectivity index (χ3n) is 2.84. The molecule has 0 radical (unpaired) electrons. The van der Waals surface area contributed by atoms with Gasteiger partial charge in [-0.25, -0.2) is 4.39 Å². The van der Waals surface area contributed by atoms with E-state index >= 15 is 0 Å². The Hall–Kier alpha value is -0.890. The molecule has 76 valence electrons. The molecule has 1 saturated heterocycles. The molecule has 1 aliphatic rings. The topological polar surface area (TPSA) is 12.0 Å². The highest BCUT2D eigenvalue weighted by molar-refractivity contribution is 5.26. The second-order valence-electron chi connectivity index (χ2n) is 4.03. The number of aryl methyl sites for hydroxylation is 1. The van der Waals surface area contributed by atoms with Crippen molar-refractivity contribution in [3.8, 4) is 0 Å². The van der Waals surface area contributed by atoms with Gasteiger partial charge in [-0.15, -0.1) is 0 Å². The first-order valence-electron chi connectivity index (χ1n) is 5.27. The minimum absolute atomic E-state index is 0.0654. The van der Waals surface area contributed by atoms with Gasteiger partial charge in [-0.3, -0.25) is 0 Å². The number of benzene rings is 1. The number of piperidine rings is 1. The lowest BCUT2D eigenvalue weighted by Crippen LogP contribution is -2.27. The molecule has 1 heterocycles. The lowest BCUT2D eigenvalue weighted by Gasteiger charge is -2.24. The highest BCUT2D eigenvalue weighted by atomic mass is 19.1. The second kappa shape index (κ2) is 4.09. The van der Waals surface area contributed by atoms with Crippen molar-refractivity contribution in [2.24, 2.45) is 0 Å². The van der Waals surface area contributed by atoms with Crippen molar-refractivity contribution in [3.05, 3.63) is 35.1 Å². The maximum atomic E-state index is 13.6. The Morgan fingerprint density at radius 2 is 2.21 bits per heavy atom. The molecule has 14 heavy (non-hydrogen) atoms. The summed E-state index contributed by atoms with van der Waals surface area (Å²) < 4.78 is 13.6. The van der Waals surface area contributed by atoms with Crippen LogP contribution in [0.25, 0.3) is 0 Å². The summed E-state index contributed by atoms with van der Waals surface area (Å²) in [6.45, 7) is 2.93. The number of halogens is 1. The molecule has 1 aromatic rings. The zero-order valence-electron chi connectivity index (χ0n) is 8.52. The summed E-state index contributed by atoms with van der Waals surface area (Å²) in [5, 5.41) is 3.36. The van der Waals surface area contributed by atoms with Gasteiger partial charge in [-0.05, 0) is 37.9 Å². The minimum Gasteiger partial charge on any atom is -0.310 e. The number of rotatable bonds is 1. The third kappa shape index (κ3) is 1.95.